The summed E-state index contributed by atoms with van der Waals surface area (Å²) in [7, 11) is -7.25. The molecule has 3 N–H and O–H groups in total. The standard InChI is InChI=1S/C11H19N3O4S2/c1-3-14(4-2)20(17,18)13-9-10-5-7-11(8-6-10)19(12,15)16/h5-8,13H,3-4,9H2,1-2H3,(H2,12,15,16). The molecule has 0 fully saturated rings. The van der Waals surface area contributed by atoms with Crippen molar-refractivity contribution in [2.75, 3.05) is 13.1 Å². The van der Waals surface area contributed by atoms with Crippen LogP contribution in [0.15, 0.2) is 29.2 Å². The smallest absolute Gasteiger partial charge is 0.225 e. The van der Waals surface area contributed by atoms with E-state index in [1.54, 1.807) is 13.8 Å². The van der Waals surface area contributed by atoms with Gasteiger partial charge in [-0.05, 0) is 17.7 Å². The molecule has 0 bridgehead atoms. The molecule has 0 atom stereocenters. The second kappa shape index (κ2) is 6.64. The number of sulfonamides is 1. The van der Waals surface area contributed by atoms with E-state index >= 15 is 0 Å². The average Bonchev–Trinajstić information content (AvgIpc) is 2.37. The second-order valence-corrected chi connectivity index (χ2v) is 7.42. The molecule has 1 aromatic carbocycles. The molecule has 114 valence electrons. The Kier molecular flexibility index (Phi) is 5.66. The number of nitrogens with zero attached hydrogens (tertiary/aromatic N) is 1. The molecule has 0 saturated carbocycles. The molecule has 0 heterocycles. The molecule has 1 aromatic rings. The Bertz CT molecular complexity index is 635. The maximum Gasteiger partial charge on any atom is 0.279 e. The minimum atomic E-state index is -3.73. The van der Waals surface area contributed by atoms with E-state index in [1.807, 2.05) is 0 Å². The van der Waals surface area contributed by atoms with Crippen molar-refractivity contribution in [3.63, 3.8) is 0 Å². The number of nitrogens with two attached hydrogens (primary N) is 1. The summed E-state index contributed by atoms with van der Waals surface area (Å²) in [5.74, 6) is 0. The predicted octanol–water partition coefficient (Wildman–Crippen LogP) is 0.0102. The first-order valence-corrected chi connectivity index (χ1v) is 9.05. The van der Waals surface area contributed by atoms with Gasteiger partial charge in [0.1, 0.15) is 0 Å². The Morgan fingerprint density at radius 3 is 1.95 bits per heavy atom. The largest absolute Gasteiger partial charge is 0.279 e. The first-order valence-electron chi connectivity index (χ1n) is 6.07. The van der Waals surface area contributed by atoms with Gasteiger partial charge in [0.25, 0.3) is 10.2 Å². The molecule has 0 amide bonds. The Balaban J connectivity index is 2.76. The molecule has 0 aliphatic carbocycles. The van der Waals surface area contributed by atoms with Gasteiger partial charge in [-0.2, -0.15) is 17.4 Å². The van der Waals surface area contributed by atoms with E-state index < -0.39 is 20.2 Å². The maximum atomic E-state index is 11.9. The van der Waals surface area contributed by atoms with Gasteiger partial charge in [0.2, 0.25) is 10.0 Å². The molecule has 7 nitrogen and oxygen atoms in total. The fourth-order valence-electron chi connectivity index (χ4n) is 1.63. The summed E-state index contributed by atoms with van der Waals surface area (Å²) >= 11 is 0. The van der Waals surface area contributed by atoms with Crippen LogP contribution in [0.5, 0.6) is 0 Å². The average molecular weight is 321 g/mol. The van der Waals surface area contributed by atoms with Gasteiger partial charge >= 0.3 is 0 Å². The van der Waals surface area contributed by atoms with Crippen LogP contribution in [-0.4, -0.2) is 34.2 Å². The lowest BCUT2D eigenvalue weighted by Gasteiger charge is -2.18. The Morgan fingerprint density at radius 2 is 1.55 bits per heavy atom. The van der Waals surface area contributed by atoms with Crippen LogP contribution in [-0.2, 0) is 26.8 Å². The molecule has 1 rings (SSSR count). The first kappa shape index (κ1) is 17.1. The number of hydrogen-bond donors (Lipinski definition) is 2. The van der Waals surface area contributed by atoms with Crippen molar-refractivity contribution in [2.24, 2.45) is 5.14 Å². The van der Waals surface area contributed by atoms with Gasteiger partial charge in [0, 0.05) is 19.6 Å². The van der Waals surface area contributed by atoms with Gasteiger partial charge in [0.05, 0.1) is 4.90 Å². The molecule has 0 aromatic heterocycles. The molecule has 0 unspecified atom stereocenters. The van der Waals surface area contributed by atoms with E-state index in [1.165, 1.54) is 28.6 Å². The predicted molar refractivity (Wildman–Crippen MR) is 76.5 cm³/mol. The third-order valence-electron chi connectivity index (χ3n) is 2.76. The van der Waals surface area contributed by atoms with E-state index in [0.29, 0.717) is 18.7 Å². The number of nitrogens with one attached hydrogen (secondary N) is 1. The van der Waals surface area contributed by atoms with Crippen molar-refractivity contribution in [3.8, 4) is 0 Å². The van der Waals surface area contributed by atoms with Gasteiger partial charge in [-0.15, -0.1) is 0 Å². The van der Waals surface area contributed by atoms with Crippen LogP contribution in [0.1, 0.15) is 19.4 Å². The highest BCUT2D eigenvalue weighted by Gasteiger charge is 2.17. The summed E-state index contributed by atoms with van der Waals surface area (Å²) in [5, 5.41) is 4.98. The number of benzene rings is 1. The molecule has 0 spiro atoms. The molecular weight excluding hydrogens is 302 g/mol. The summed E-state index contributed by atoms with van der Waals surface area (Å²) in [6.45, 7) is 4.36. The highest BCUT2D eigenvalue weighted by molar-refractivity contribution is 7.89. The molecule has 0 radical (unpaired) electrons. The molecule has 0 aliphatic heterocycles. The van der Waals surface area contributed by atoms with Crippen LogP contribution in [0, 0.1) is 0 Å². The van der Waals surface area contributed by atoms with Crippen LogP contribution in [0.3, 0.4) is 0 Å². The highest BCUT2D eigenvalue weighted by Crippen LogP contribution is 2.09. The van der Waals surface area contributed by atoms with Crippen LogP contribution in [0.2, 0.25) is 0 Å². The van der Waals surface area contributed by atoms with Gasteiger partial charge in [-0.25, -0.2) is 13.6 Å². The quantitative estimate of drug-likeness (QED) is 0.737. The normalized spacial score (nSPS) is 12.8. The zero-order valence-electron chi connectivity index (χ0n) is 11.4. The molecule has 20 heavy (non-hydrogen) atoms. The van der Waals surface area contributed by atoms with Crippen molar-refractivity contribution in [3.05, 3.63) is 29.8 Å². The minimum absolute atomic E-state index is 0.00662. The van der Waals surface area contributed by atoms with Gasteiger partial charge in [-0.3, -0.25) is 0 Å². The molecule has 0 saturated heterocycles. The molecule has 9 heteroatoms. The third kappa shape index (κ3) is 4.53. The summed E-state index contributed by atoms with van der Waals surface area (Å²) < 4.78 is 49.7. The fourth-order valence-corrected chi connectivity index (χ4v) is 3.35. The van der Waals surface area contributed by atoms with E-state index in [-0.39, 0.29) is 11.4 Å². The van der Waals surface area contributed by atoms with E-state index in [9.17, 15) is 16.8 Å². The van der Waals surface area contributed by atoms with Crippen LogP contribution < -0.4 is 9.86 Å². The zero-order chi connectivity index (χ0) is 15.4. The van der Waals surface area contributed by atoms with Crippen molar-refractivity contribution in [2.45, 2.75) is 25.3 Å². The number of rotatable bonds is 7. The molecule has 0 aliphatic rings. The lowest BCUT2D eigenvalue weighted by atomic mass is 10.2. The van der Waals surface area contributed by atoms with Crippen molar-refractivity contribution >= 4 is 20.2 Å². The SMILES string of the molecule is CCN(CC)S(=O)(=O)NCc1ccc(S(N)(=O)=O)cc1. The minimum Gasteiger partial charge on any atom is -0.225 e. The monoisotopic (exact) mass is 321 g/mol. The van der Waals surface area contributed by atoms with Gasteiger partial charge < -0.3 is 0 Å². The lowest BCUT2D eigenvalue weighted by molar-refractivity contribution is 0.434. The topological polar surface area (TPSA) is 110 Å². The van der Waals surface area contributed by atoms with E-state index in [4.69, 9.17) is 5.14 Å². The maximum absolute atomic E-state index is 11.9. The Labute approximate surface area is 120 Å². The summed E-state index contributed by atoms with van der Waals surface area (Å²) in [4.78, 5) is -0.00662. The van der Waals surface area contributed by atoms with Crippen LogP contribution >= 0.6 is 0 Å². The van der Waals surface area contributed by atoms with E-state index in [0.717, 1.165) is 0 Å². The van der Waals surface area contributed by atoms with Crippen molar-refractivity contribution < 1.29 is 16.8 Å². The van der Waals surface area contributed by atoms with Gasteiger partial charge in [-0.1, -0.05) is 26.0 Å². The number of hydrogen-bond acceptors (Lipinski definition) is 4. The van der Waals surface area contributed by atoms with Gasteiger partial charge in [0.15, 0.2) is 0 Å². The van der Waals surface area contributed by atoms with Crippen molar-refractivity contribution in [1.82, 2.24) is 9.03 Å². The Hall–Kier alpha value is -1.00. The molecular formula is C11H19N3O4S2. The highest BCUT2D eigenvalue weighted by atomic mass is 32.2. The van der Waals surface area contributed by atoms with E-state index in [2.05, 4.69) is 4.72 Å². The summed E-state index contributed by atoms with van der Waals surface area (Å²) in [6.07, 6.45) is 0. The fraction of sp³-hybridized carbons (Fsp3) is 0.455. The summed E-state index contributed by atoms with van der Waals surface area (Å²) in [5.41, 5.74) is 0.646. The Morgan fingerprint density at radius 1 is 1.05 bits per heavy atom. The first-order chi connectivity index (χ1) is 9.20. The van der Waals surface area contributed by atoms with Crippen LogP contribution in [0.4, 0.5) is 0 Å². The van der Waals surface area contributed by atoms with Crippen LogP contribution in [0.25, 0.3) is 0 Å². The summed E-state index contributed by atoms with van der Waals surface area (Å²) in [6, 6.07) is 5.72. The lowest BCUT2D eigenvalue weighted by Crippen LogP contribution is -2.40. The second-order valence-electron chi connectivity index (χ2n) is 4.10. The zero-order valence-corrected chi connectivity index (χ0v) is 13.0. The number of primary sulfonamides is 1. The van der Waals surface area contributed by atoms with Crippen molar-refractivity contribution in [1.29, 1.82) is 0 Å². The third-order valence-corrected chi connectivity index (χ3v) is 5.39.